The van der Waals surface area contributed by atoms with Crippen molar-refractivity contribution < 1.29 is 18.0 Å². The zero-order valence-corrected chi connectivity index (χ0v) is 14.8. The number of aromatic nitrogens is 3. The Hall–Kier alpha value is -3.81. The van der Waals surface area contributed by atoms with Gasteiger partial charge in [0.05, 0.1) is 5.52 Å². The van der Waals surface area contributed by atoms with Gasteiger partial charge in [-0.2, -0.15) is 13.2 Å². The number of alkyl halides is 3. The van der Waals surface area contributed by atoms with Crippen LogP contribution in [0.25, 0.3) is 22.3 Å². The molecule has 0 aliphatic rings. The van der Waals surface area contributed by atoms with Crippen LogP contribution in [-0.2, 0) is 0 Å². The molecule has 1 N–H and O–H groups in total. The van der Waals surface area contributed by atoms with Crippen molar-refractivity contribution in [2.45, 2.75) is 6.18 Å². The number of anilines is 2. The van der Waals surface area contributed by atoms with Gasteiger partial charge < -0.3 is 5.32 Å². The van der Waals surface area contributed by atoms with Crippen LogP contribution in [0.4, 0.5) is 24.7 Å². The number of Topliss-reactive ketones (excluding diaryl/α,β-unsaturated/α-hetero) is 1. The van der Waals surface area contributed by atoms with E-state index in [1.165, 1.54) is 12.1 Å². The second-order valence-electron chi connectivity index (χ2n) is 6.18. The Labute approximate surface area is 163 Å². The number of rotatable bonds is 4. The van der Waals surface area contributed by atoms with Crippen LogP contribution in [0.3, 0.4) is 0 Å². The van der Waals surface area contributed by atoms with Gasteiger partial charge >= 0.3 is 6.18 Å². The number of carbonyl (C=O) groups is 1. The highest BCUT2D eigenvalue weighted by Crippen LogP contribution is 2.28. The molecule has 0 atom stereocenters. The molecule has 0 saturated carbocycles. The van der Waals surface area contributed by atoms with Crippen LogP contribution in [0.2, 0.25) is 0 Å². The third kappa shape index (κ3) is 3.91. The molecule has 4 rings (SSSR count). The van der Waals surface area contributed by atoms with Crippen LogP contribution in [-0.4, -0.2) is 26.9 Å². The summed E-state index contributed by atoms with van der Waals surface area (Å²) >= 11 is 0. The Balaban J connectivity index is 1.71. The number of hydrogen-bond acceptors (Lipinski definition) is 5. The number of nitrogens with one attached hydrogen (secondary N) is 1. The standard InChI is InChI=1S/C21H13F3N4O/c22-21(23,24)18(29)13-7-9-15(10-8-13)26-20-16-5-1-2-6-17(16)27-19(28-20)14-4-3-11-25-12-14/h1-12H,(H,26,27,28). The molecule has 2 heterocycles. The third-order valence-electron chi connectivity index (χ3n) is 4.19. The van der Waals surface area contributed by atoms with Gasteiger partial charge in [0.25, 0.3) is 5.78 Å². The number of benzene rings is 2. The van der Waals surface area contributed by atoms with Crippen LogP contribution in [0.1, 0.15) is 10.4 Å². The molecule has 0 aliphatic heterocycles. The molecule has 2 aromatic heterocycles. The van der Waals surface area contributed by atoms with E-state index in [2.05, 4.69) is 20.3 Å². The number of hydrogen-bond donors (Lipinski definition) is 1. The van der Waals surface area contributed by atoms with Crippen molar-refractivity contribution in [2.24, 2.45) is 0 Å². The fraction of sp³-hybridized carbons (Fsp3) is 0.0476. The largest absolute Gasteiger partial charge is 0.454 e. The van der Waals surface area contributed by atoms with Crippen molar-refractivity contribution in [3.8, 4) is 11.4 Å². The lowest BCUT2D eigenvalue weighted by molar-refractivity contribution is -0.0885. The molecule has 0 unspecified atom stereocenters. The van der Waals surface area contributed by atoms with Crippen LogP contribution >= 0.6 is 0 Å². The molecule has 0 aliphatic carbocycles. The number of fused-ring (bicyclic) bond motifs is 1. The van der Waals surface area contributed by atoms with Gasteiger partial charge in [-0.3, -0.25) is 9.78 Å². The predicted molar refractivity (Wildman–Crippen MR) is 103 cm³/mol. The summed E-state index contributed by atoms with van der Waals surface area (Å²) in [4.78, 5) is 24.5. The van der Waals surface area contributed by atoms with Crippen molar-refractivity contribution in [3.63, 3.8) is 0 Å². The second kappa shape index (κ2) is 7.31. The monoisotopic (exact) mass is 394 g/mol. The highest BCUT2D eigenvalue weighted by molar-refractivity contribution is 6.00. The molecule has 29 heavy (non-hydrogen) atoms. The number of nitrogens with zero attached hydrogens (tertiary/aromatic N) is 3. The predicted octanol–water partition coefficient (Wildman–Crippen LogP) is 5.18. The number of pyridine rings is 1. The maximum atomic E-state index is 12.6. The van der Waals surface area contributed by atoms with Gasteiger partial charge in [-0.05, 0) is 48.5 Å². The Morgan fingerprint density at radius 1 is 0.897 bits per heavy atom. The van der Waals surface area contributed by atoms with E-state index in [9.17, 15) is 18.0 Å². The zero-order chi connectivity index (χ0) is 20.4. The van der Waals surface area contributed by atoms with Crippen LogP contribution in [0.5, 0.6) is 0 Å². The Morgan fingerprint density at radius 2 is 1.66 bits per heavy atom. The summed E-state index contributed by atoms with van der Waals surface area (Å²) in [5, 5.41) is 3.84. The van der Waals surface area contributed by atoms with Crippen molar-refractivity contribution in [1.29, 1.82) is 0 Å². The first-order valence-electron chi connectivity index (χ1n) is 8.57. The number of ketones is 1. The SMILES string of the molecule is O=C(c1ccc(Nc2nc(-c3cccnc3)nc3ccccc23)cc1)C(F)(F)F. The minimum atomic E-state index is -4.91. The van der Waals surface area contributed by atoms with Crippen LogP contribution in [0.15, 0.2) is 73.1 Å². The maximum Gasteiger partial charge on any atom is 0.454 e. The summed E-state index contributed by atoms with van der Waals surface area (Å²) in [5.74, 6) is -0.928. The fourth-order valence-corrected chi connectivity index (χ4v) is 2.80. The normalized spacial score (nSPS) is 11.4. The molecule has 4 aromatic rings. The van der Waals surface area contributed by atoms with E-state index >= 15 is 0 Å². The average molecular weight is 394 g/mol. The van der Waals surface area contributed by atoms with E-state index < -0.39 is 17.5 Å². The van der Waals surface area contributed by atoms with Gasteiger partial charge in [0.1, 0.15) is 5.82 Å². The topological polar surface area (TPSA) is 67.8 Å². The Bertz CT molecular complexity index is 1180. The Morgan fingerprint density at radius 3 is 2.34 bits per heavy atom. The van der Waals surface area contributed by atoms with Crippen LogP contribution in [0, 0.1) is 0 Å². The molecule has 0 radical (unpaired) electrons. The highest BCUT2D eigenvalue weighted by Gasteiger charge is 2.39. The van der Waals surface area contributed by atoms with E-state index in [1.807, 2.05) is 30.3 Å². The molecule has 8 heteroatoms. The highest BCUT2D eigenvalue weighted by atomic mass is 19.4. The average Bonchev–Trinajstić information content (AvgIpc) is 2.73. The molecular weight excluding hydrogens is 381 g/mol. The van der Waals surface area contributed by atoms with Crippen molar-refractivity contribution in [1.82, 2.24) is 15.0 Å². The summed E-state index contributed by atoms with van der Waals surface area (Å²) < 4.78 is 37.7. The quantitative estimate of drug-likeness (QED) is 0.483. The summed E-state index contributed by atoms with van der Waals surface area (Å²) in [6, 6.07) is 16.0. The zero-order valence-electron chi connectivity index (χ0n) is 14.8. The minimum absolute atomic E-state index is 0.424. The third-order valence-corrected chi connectivity index (χ3v) is 4.19. The number of halogens is 3. The lowest BCUT2D eigenvalue weighted by Gasteiger charge is -2.12. The smallest absolute Gasteiger partial charge is 0.340 e. The molecule has 0 saturated heterocycles. The van der Waals surface area contributed by atoms with E-state index in [4.69, 9.17) is 0 Å². The summed E-state index contributed by atoms with van der Waals surface area (Å²) in [5.41, 5.74) is 1.50. The van der Waals surface area contributed by atoms with Gasteiger partial charge in [-0.1, -0.05) is 12.1 Å². The maximum absolute atomic E-state index is 12.6. The minimum Gasteiger partial charge on any atom is -0.340 e. The number of para-hydroxylation sites is 1. The van der Waals surface area contributed by atoms with Crippen molar-refractivity contribution >= 4 is 28.2 Å². The van der Waals surface area contributed by atoms with Crippen LogP contribution < -0.4 is 5.32 Å². The van der Waals surface area contributed by atoms with E-state index in [0.717, 1.165) is 23.1 Å². The first-order chi connectivity index (χ1) is 13.9. The first kappa shape index (κ1) is 18.5. The molecule has 0 amide bonds. The summed E-state index contributed by atoms with van der Waals surface area (Å²) in [7, 11) is 0. The second-order valence-corrected chi connectivity index (χ2v) is 6.18. The fourth-order valence-electron chi connectivity index (χ4n) is 2.80. The Kier molecular flexibility index (Phi) is 4.67. The first-order valence-corrected chi connectivity index (χ1v) is 8.57. The van der Waals surface area contributed by atoms with Gasteiger partial charge in [0.15, 0.2) is 5.82 Å². The molecule has 2 aromatic carbocycles. The lowest BCUT2D eigenvalue weighted by atomic mass is 10.1. The summed E-state index contributed by atoms with van der Waals surface area (Å²) in [6.45, 7) is 0. The van der Waals surface area contributed by atoms with Gasteiger partial charge in [-0.25, -0.2) is 9.97 Å². The lowest BCUT2D eigenvalue weighted by Crippen LogP contribution is -2.22. The molecular formula is C21H13F3N4O. The van der Waals surface area contributed by atoms with Crippen molar-refractivity contribution in [3.05, 3.63) is 78.6 Å². The number of carbonyl (C=O) groups excluding carboxylic acids is 1. The molecule has 5 nitrogen and oxygen atoms in total. The van der Waals surface area contributed by atoms with Crippen molar-refractivity contribution in [2.75, 3.05) is 5.32 Å². The molecule has 0 spiro atoms. The van der Waals surface area contributed by atoms with Gasteiger partial charge in [-0.15, -0.1) is 0 Å². The molecule has 0 bridgehead atoms. The van der Waals surface area contributed by atoms with E-state index in [-0.39, 0.29) is 0 Å². The molecule has 0 fully saturated rings. The van der Waals surface area contributed by atoms with Gasteiger partial charge in [0, 0.05) is 34.6 Å². The van der Waals surface area contributed by atoms with Gasteiger partial charge in [0.2, 0.25) is 0 Å². The molecule has 144 valence electrons. The van der Waals surface area contributed by atoms with E-state index in [0.29, 0.717) is 22.8 Å². The van der Waals surface area contributed by atoms with E-state index in [1.54, 1.807) is 18.5 Å². The summed E-state index contributed by atoms with van der Waals surface area (Å²) in [6.07, 6.45) is -1.62.